The second-order valence-corrected chi connectivity index (χ2v) is 6.14. The number of hydrogen-bond acceptors (Lipinski definition) is 5. The van der Waals surface area contributed by atoms with Gasteiger partial charge in [-0.3, -0.25) is 9.78 Å². The highest BCUT2D eigenvalue weighted by Crippen LogP contribution is 2.22. The zero-order valence-electron chi connectivity index (χ0n) is 12.3. The lowest BCUT2D eigenvalue weighted by Crippen LogP contribution is -2.39. The first-order valence-corrected chi connectivity index (χ1v) is 8.45. The minimum absolute atomic E-state index is 0.00223. The van der Waals surface area contributed by atoms with Crippen LogP contribution in [0.15, 0.2) is 29.9 Å². The molecular weight excluding hydrogens is 298 g/mol. The summed E-state index contributed by atoms with van der Waals surface area (Å²) < 4.78 is 5.47. The molecule has 1 amide bonds. The molecule has 3 rings (SSSR count). The molecule has 116 valence electrons. The van der Waals surface area contributed by atoms with E-state index in [-0.39, 0.29) is 12.0 Å². The maximum atomic E-state index is 12.0. The molecule has 0 unspecified atom stereocenters. The fourth-order valence-electron chi connectivity index (χ4n) is 2.42. The van der Waals surface area contributed by atoms with Gasteiger partial charge in [0.15, 0.2) is 0 Å². The maximum Gasteiger partial charge on any atom is 0.249 e. The summed E-state index contributed by atoms with van der Waals surface area (Å²) in [5.74, 6) is 0.00223. The Hall–Kier alpha value is -1.79. The molecule has 0 aromatic carbocycles. The van der Waals surface area contributed by atoms with Gasteiger partial charge >= 0.3 is 0 Å². The zero-order chi connectivity index (χ0) is 15.2. The molecule has 0 spiro atoms. The number of ether oxygens (including phenoxy) is 1. The number of amides is 1. The Balaban J connectivity index is 1.48. The van der Waals surface area contributed by atoms with Crippen LogP contribution in [0, 0.1) is 0 Å². The van der Waals surface area contributed by atoms with Crippen molar-refractivity contribution in [3.05, 3.63) is 35.6 Å². The van der Waals surface area contributed by atoms with Gasteiger partial charge in [0, 0.05) is 42.9 Å². The summed E-state index contributed by atoms with van der Waals surface area (Å²) in [4.78, 5) is 20.6. The Morgan fingerprint density at radius 1 is 1.45 bits per heavy atom. The van der Waals surface area contributed by atoms with Gasteiger partial charge in [-0.15, -0.1) is 11.3 Å². The van der Waals surface area contributed by atoms with Crippen LogP contribution in [0.3, 0.4) is 0 Å². The van der Waals surface area contributed by atoms with Crippen LogP contribution in [0.4, 0.5) is 0 Å². The van der Waals surface area contributed by atoms with Gasteiger partial charge in [-0.2, -0.15) is 0 Å². The van der Waals surface area contributed by atoms with Gasteiger partial charge in [-0.1, -0.05) is 0 Å². The van der Waals surface area contributed by atoms with Crippen molar-refractivity contribution in [1.29, 1.82) is 0 Å². The van der Waals surface area contributed by atoms with Crippen LogP contribution in [-0.4, -0.2) is 35.1 Å². The molecule has 1 fully saturated rings. The molecule has 22 heavy (non-hydrogen) atoms. The maximum absolute atomic E-state index is 12.0. The predicted molar refractivity (Wildman–Crippen MR) is 85.6 cm³/mol. The third-order valence-corrected chi connectivity index (χ3v) is 4.55. The highest BCUT2D eigenvalue weighted by Gasteiger charge is 2.21. The highest BCUT2D eigenvalue weighted by molar-refractivity contribution is 7.13. The average molecular weight is 317 g/mol. The monoisotopic (exact) mass is 317 g/mol. The first-order chi connectivity index (χ1) is 10.8. The standard InChI is InChI=1S/C16H19N3O2S/c20-15(14-5-1-2-9-21-14)18-8-6-13-11-22-16(19-13)12-4-3-7-17-10-12/h3-4,7,10-11,14H,1-2,5-6,8-9H2,(H,18,20)/t14-/m1/s1. The van der Waals surface area contributed by atoms with Crippen LogP contribution in [0.2, 0.25) is 0 Å². The minimum atomic E-state index is -0.268. The van der Waals surface area contributed by atoms with Crippen molar-refractivity contribution in [2.24, 2.45) is 0 Å². The molecule has 2 aromatic heterocycles. The van der Waals surface area contributed by atoms with E-state index in [1.165, 1.54) is 0 Å². The first-order valence-electron chi connectivity index (χ1n) is 7.57. The quantitative estimate of drug-likeness (QED) is 0.920. The fraction of sp³-hybridized carbons (Fsp3) is 0.438. The minimum Gasteiger partial charge on any atom is -0.368 e. The third kappa shape index (κ3) is 3.90. The molecule has 3 heterocycles. The number of nitrogens with one attached hydrogen (secondary N) is 1. The van der Waals surface area contributed by atoms with Gasteiger partial charge in [-0.05, 0) is 31.4 Å². The number of pyridine rings is 1. The Labute approximate surface area is 133 Å². The highest BCUT2D eigenvalue weighted by atomic mass is 32.1. The second-order valence-electron chi connectivity index (χ2n) is 5.28. The predicted octanol–water partition coefficient (Wildman–Crippen LogP) is 2.43. The summed E-state index contributed by atoms with van der Waals surface area (Å²) in [5.41, 5.74) is 2.02. The Kier molecular flexibility index (Phi) is 5.13. The molecule has 0 bridgehead atoms. The van der Waals surface area contributed by atoms with E-state index in [2.05, 4.69) is 15.3 Å². The third-order valence-electron chi connectivity index (χ3n) is 3.61. The van der Waals surface area contributed by atoms with Crippen LogP contribution in [0.5, 0.6) is 0 Å². The van der Waals surface area contributed by atoms with Crippen molar-refractivity contribution in [2.45, 2.75) is 31.8 Å². The molecular formula is C16H19N3O2S. The molecule has 6 heteroatoms. The van der Waals surface area contributed by atoms with Gasteiger partial charge in [0.1, 0.15) is 11.1 Å². The van der Waals surface area contributed by atoms with Crippen molar-refractivity contribution in [1.82, 2.24) is 15.3 Å². The van der Waals surface area contributed by atoms with E-state index in [1.54, 1.807) is 17.5 Å². The average Bonchev–Trinajstić information content (AvgIpc) is 3.05. The topological polar surface area (TPSA) is 64.1 Å². The van der Waals surface area contributed by atoms with Gasteiger partial charge in [0.2, 0.25) is 5.91 Å². The molecule has 1 aliphatic heterocycles. The number of carbonyl (C=O) groups is 1. The van der Waals surface area contributed by atoms with E-state index in [0.717, 1.165) is 41.9 Å². The van der Waals surface area contributed by atoms with Crippen LogP contribution >= 0.6 is 11.3 Å². The Morgan fingerprint density at radius 3 is 3.18 bits per heavy atom. The number of thiazole rings is 1. The molecule has 1 atom stereocenters. The second kappa shape index (κ2) is 7.47. The summed E-state index contributed by atoms with van der Waals surface area (Å²) >= 11 is 1.60. The van der Waals surface area contributed by atoms with E-state index >= 15 is 0 Å². The van der Waals surface area contributed by atoms with E-state index in [4.69, 9.17) is 4.74 Å². The Bertz CT molecular complexity index is 609. The van der Waals surface area contributed by atoms with Gasteiger partial charge < -0.3 is 10.1 Å². The summed E-state index contributed by atoms with van der Waals surface area (Å²) in [6, 6.07) is 3.90. The number of rotatable bonds is 5. The number of hydrogen-bond donors (Lipinski definition) is 1. The number of nitrogens with zero attached hydrogens (tertiary/aromatic N) is 2. The molecule has 5 nitrogen and oxygen atoms in total. The Morgan fingerprint density at radius 2 is 2.41 bits per heavy atom. The zero-order valence-corrected chi connectivity index (χ0v) is 13.1. The van der Waals surface area contributed by atoms with Gasteiger partial charge in [0.05, 0.1) is 5.69 Å². The van der Waals surface area contributed by atoms with Crippen molar-refractivity contribution in [2.75, 3.05) is 13.2 Å². The number of aromatic nitrogens is 2. The molecule has 1 N–H and O–H groups in total. The number of carbonyl (C=O) groups excluding carboxylic acids is 1. The molecule has 1 aliphatic rings. The lowest BCUT2D eigenvalue weighted by molar-refractivity contribution is -0.135. The largest absolute Gasteiger partial charge is 0.368 e. The van der Waals surface area contributed by atoms with E-state index in [9.17, 15) is 4.79 Å². The molecule has 0 radical (unpaired) electrons. The smallest absolute Gasteiger partial charge is 0.249 e. The lowest BCUT2D eigenvalue weighted by Gasteiger charge is -2.21. The van der Waals surface area contributed by atoms with E-state index in [0.29, 0.717) is 13.2 Å². The molecule has 2 aromatic rings. The van der Waals surface area contributed by atoms with Crippen LogP contribution in [0.1, 0.15) is 25.0 Å². The van der Waals surface area contributed by atoms with E-state index < -0.39 is 0 Å². The normalized spacial score (nSPS) is 18.1. The van der Waals surface area contributed by atoms with Crippen molar-refractivity contribution >= 4 is 17.2 Å². The lowest BCUT2D eigenvalue weighted by atomic mass is 10.1. The SMILES string of the molecule is O=C(NCCc1csc(-c2cccnc2)n1)[C@H]1CCCCO1. The van der Waals surface area contributed by atoms with Crippen molar-refractivity contribution < 1.29 is 9.53 Å². The van der Waals surface area contributed by atoms with E-state index in [1.807, 2.05) is 23.7 Å². The van der Waals surface area contributed by atoms with Crippen molar-refractivity contribution in [3.63, 3.8) is 0 Å². The first kappa shape index (κ1) is 15.1. The molecule has 1 saturated heterocycles. The van der Waals surface area contributed by atoms with Crippen LogP contribution < -0.4 is 5.32 Å². The van der Waals surface area contributed by atoms with Gasteiger partial charge in [-0.25, -0.2) is 4.98 Å². The van der Waals surface area contributed by atoms with Crippen LogP contribution in [0.25, 0.3) is 10.6 Å². The summed E-state index contributed by atoms with van der Waals surface area (Å²) in [7, 11) is 0. The summed E-state index contributed by atoms with van der Waals surface area (Å²) in [5, 5.41) is 5.93. The fourth-order valence-corrected chi connectivity index (χ4v) is 3.26. The van der Waals surface area contributed by atoms with Crippen LogP contribution in [-0.2, 0) is 16.0 Å². The molecule has 0 saturated carbocycles. The summed E-state index contributed by atoms with van der Waals surface area (Å²) in [6.45, 7) is 1.29. The van der Waals surface area contributed by atoms with Gasteiger partial charge in [0.25, 0.3) is 0 Å². The molecule has 0 aliphatic carbocycles. The van der Waals surface area contributed by atoms with Crippen molar-refractivity contribution in [3.8, 4) is 10.6 Å². The summed E-state index contributed by atoms with van der Waals surface area (Å²) in [6.07, 6.45) is 6.97.